The van der Waals surface area contributed by atoms with E-state index in [4.69, 9.17) is 9.72 Å². The van der Waals surface area contributed by atoms with Crippen molar-refractivity contribution >= 4 is 5.82 Å². The summed E-state index contributed by atoms with van der Waals surface area (Å²) < 4.78 is 34.8. The van der Waals surface area contributed by atoms with E-state index in [1.54, 1.807) is 6.20 Å². The molecule has 3 aliphatic heterocycles. The zero-order chi connectivity index (χ0) is 22.0. The maximum atomic E-state index is 14.4. The third-order valence-electron chi connectivity index (χ3n) is 7.45. The van der Waals surface area contributed by atoms with Crippen LogP contribution in [0.15, 0.2) is 42.7 Å². The van der Waals surface area contributed by atoms with Crippen LogP contribution in [0.25, 0.3) is 22.3 Å². The van der Waals surface area contributed by atoms with Crippen molar-refractivity contribution in [2.45, 2.75) is 49.9 Å². The molecule has 2 bridgehead atoms. The first-order valence-electron chi connectivity index (χ1n) is 11.0. The normalized spacial score (nSPS) is 25.7. The third-order valence-corrected chi connectivity index (χ3v) is 7.45. The molecule has 2 saturated heterocycles. The second kappa shape index (κ2) is 7.00. The van der Waals surface area contributed by atoms with Gasteiger partial charge in [0.1, 0.15) is 12.4 Å². The lowest BCUT2D eigenvalue weighted by Crippen LogP contribution is -2.50. The molecule has 3 aliphatic rings. The monoisotopic (exact) mass is 437 g/mol. The molecule has 1 N–H and O–H groups in total. The Morgan fingerprint density at radius 3 is 2.78 bits per heavy atom. The Hall–Kier alpha value is -3.00. The van der Waals surface area contributed by atoms with E-state index < -0.39 is 12.0 Å². The molecule has 6 nitrogen and oxygen atoms in total. The predicted octanol–water partition coefficient (Wildman–Crippen LogP) is 4.34. The van der Waals surface area contributed by atoms with Crippen LogP contribution in [0.1, 0.15) is 24.8 Å². The summed E-state index contributed by atoms with van der Waals surface area (Å²) in [5.74, 6) is -1.25. The number of halogens is 2. The van der Waals surface area contributed by atoms with Crippen molar-refractivity contribution in [1.29, 1.82) is 0 Å². The molecule has 2 fully saturated rings. The summed E-state index contributed by atoms with van der Waals surface area (Å²) in [6, 6.07) is 9.56. The van der Waals surface area contributed by atoms with Crippen LogP contribution in [0.3, 0.4) is 0 Å². The van der Waals surface area contributed by atoms with E-state index in [1.807, 2.05) is 37.3 Å². The van der Waals surface area contributed by atoms with E-state index in [2.05, 4.69) is 33.3 Å². The number of anilines is 1. The molecule has 3 unspecified atom stereocenters. The number of nitrogens with one attached hydrogen (secondary N) is 1. The molecule has 8 heteroatoms. The fourth-order valence-electron chi connectivity index (χ4n) is 5.56. The maximum Gasteiger partial charge on any atom is 0.264 e. The number of rotatable bonds is 3. The fourth-order valence-corrected chi connectivity index (χ4v) is 5.56. The summed E-state index contributed by atoms with van der Waals surface area (Å²) in [6.07, 6.45) is 4.78. The largest absolute Gasteiger partial charge is 0.472 e. The molecule has 3 aromatic rings. The highest BCUT2D eigenvalue weighted by atomic mass is 19.3. The molecule has 0 aliphatic carbocycles. The lowest BCUT2D eigenvalue weighted by atomic mass is 9.95. The maximum absolute atomic E-state index is 14.4. The van der Waals surface area contributed by atoms with Crippen LogP contribution in [0.2, 0.25) is 0 Å². The van der Waals surface area contributed by atoms with Gasteiger partial charge < -0.3 is 9.64 Å². The van der Waals surface area contributed by atoms with Gasteiger partial charge in [-0.05, 0) is 54.8 Å². The molecular weight excluding hydrogens is 412 g/mol. The van der Waals surface area contributed by atoms with Gasteiger partial charge in [0.15, 0.2) is 0 Å². The molecule has 0 radical (unpaired) electrons. The summed E-state index contributed by atoms with van der Waals surface area (Å²) in [5.41, 5.74) is 5.29. The molecule has 1 aromatic carbocycles. The fraction of sp³-hybridized carbons (Fsp3) is 0.417. The van der Waals surface area contributed by atoms with Gasteiger partial charge >= 0.3 is 0 Å². The standard InChI is InChI=1S/C24H25F2N5O/c1-30-18-8-17(9-21(30)24(25,26)10-18)31(2)22-6-5-20-19-4-3-14(16-11-27-28-12-16)7-15(19)13-32-23(20)29-22/h3-7,11-12,17-18,21H,8-10,13H2,1-2H3,(H,27,28). The van der Waals surface area contributed by atoms with E-state index in [1.165, 1.54) is 0 Å². The van der Waals surface area contributed by atoms with Crippen molar-refractivity contribution in [3.63, 3.8) is 0 Å². The van der Waals surface area contributed by atoms with Crippen LogP contribution in [-0.2, 0) is 6.61 Å². The average Bonchev–Trinajstić information content (AvgIpc) is 3.36. The second-order valence-electron chi connectivity index (χ2n) is 9.21. The van der Waals surface area contributed by atoms with Crippen LogP contribution in [0.5, 0.6) is 5.88 Å². The highest BCUT2D eigenvalue weighted by Crippen LogP contribution is 2.46. The summed E-state index contributed by atoms with van der Waals surface area (Å²) in [6.45, 7) is 0.443. The van der Waals surface area contributed by atoms with E-state index in [0.29, 0.717) is 18.9 Å². The number of hydrogen-bond donors (Lipinski definition) is 1. The highest BCUT2D eigenvalue weighted by molar-refractivity contribution is 5.78. The minimum Gasteiger partial charge on any atom is -0.472 e. The number of aromatic amines is 1. The molecule has 5 heterocycles. The lowest BCUT2D eigenvalue weighted by molar-refractivity contribution is -0.0353. The lowest BCUT2D eigenvalue weighted by Gasteiger charge is -2.41. The number of piperidine rings is 1. The van der Waals surface area contributed by atoms with Crippen LogP contribution in [-0.4, -0.2) is 58.2 Å². The van der Waals surface area contributed by atoms with E-state index >= 15 is 0 Å². The van der Waals surface area contributed by atoms with Crippen LogP contribution >= 0.6 is 0 Å². The molecule has 3 atom stereocenters. The summed E-state index contributed by atoms with van der Waals surface area (Å²) in [5, 5.41) is 6.87. The molecule has 6 rings (SSSR count). The van der Waals surface area contributed by atoms with Crippen molar-refractivity contribution < 1.29 is 13.5 Å². The first-order valence-corrected chi connectivity index (χ1v) is 11.0. The third kappa shape index (κ3) is 3.00. The van der Waals surface area contributed by atoms with Crippen LogP contribution in [0, 0.1) is 0 Å². The Bertz CT molecular complexity index is 1170. The molecule has 166 valence electrons. The van der Waals surface area contributed by atoms with Crippen molar-refractivity contribution in [2.75, 3.05) is 19.0 Å². The molecule has 32 heavy (non-hydrogen) atoms. The number of fused-ring (bicyclic) bond motifs is 5. The van der Waals surface area contributed by atoms with E-state index in [-0.39, 0.29) is 18.5 Å². The molecule has 2 aromatic heterocycles. The first-order chi connectivity index (χ1) is 15.4. The molecule has 0 saturated carbocycles. The predicted molar refractivity (Wildman–Crippen MR) is 118 cm³/mol. The van der Waals surface area contributed by atoms with Gasteiger partial charge in [-0.25, -0.2) is 8.78 Å². The van der Waals surface area contributed by atoms with E-state index in [9.17, 15) is 8.78 Å². The SMILES string of the molecule is CN(c1ccc2c(n1)OCc1cc(-c3cn[nH]c3)ccc1-2)C1CC2CC(F)(F)C(C1)N2C. The van der Waals surface area contributed by atoms with Crippen LogP contribution in [0.4, 0.5) is 14.6 Å². The summed E-state index contributed by atoms with van der Waals surface area (Å²) in [7, 11) is 3.78. The van der Waals surface area contributed by atoms with Gasteiger partial charge in [-0.3, -0.25) is 10.00 Å². The highest BCUT2D eigenvalue weighted by Gasteiger charge is 2.56. The van der Waals surface area contributed by atoms with Crippen molar-refractivity contribution in [2.24, 2.45) is 0 Å². The number of alkyl halides is 2. The molecule has 0 amide bonds. The van der Waals surface area contributed by atoms with Gasteiger partial charge in [-0.2, -0.15) is 10.1 Å². The summed E-state index contributed by atoms with van der Waals surface area (Å²) in [4.78, 5) is 8.69. The Morgan fingerprint density at radius 1 is 1.16 bits per heavy atom. The summed E-state index contributed by atoms with van der Waals surface area (Å²) >= 11 is 0. The quantitative estimate of drug-likeness (QED) is 0.661. The smallest absolute Gasteiger partial charge is 0.264 e. The van der Waals surface area contributed by atoms with Gasteiger partial charge in [0.25, 0.3) is 5.92 Å². The Balaban J connectivity index is 1.27. The van der Waals surface area contributed by atoms with Gasteiger partial charge in [0.2, 0.25) is 5.88 Å². The molecular formula is C24H25F2N5O. The van der Waals surface area contributed by atoms with Gasteiger partial charge in [0, 0.05) is 42.9 Å². The zero-order valence-corrected chi connectivity index (χ0v) is 18.1. The Kier molecular flexibility index (Phi) is 4.30. The van der Waals surface area contributed by atoms with Gasteiger partial charge in [0.05, 0.1) is 12.2 Å². The number of pyridine rings is 1. The minimum atomic E-state index is -2.61. The number of nitrogens with zero attached hydrogens (tertiary/aromatic N) is 4. The Morgan fingerprint density at radius 2 is 2.00 bits per heavy atom. The minimum absolute atomic E-state index is 0.0357. The van der Waals surface area contributed by atoms with E-state index in [0.717, 1.165) is 40.1 Å². The van der Waals surface area contributed by atoms with Crippen molar-refractivity contribution in [3.05, 3.63) is 48.3 Å². The van der Waals surface area contributed by atoms with Gasteiger partial charge in [-0.15, -0.1) is 0 Å². The molecule has 0 spiro atoms. The zero-order valence-electron chi connectivity index (χ0n) is 18.1. The Labute approximate surface area is 185 Å². The number of aromatic nitrogens is 3. The average molecular weight is 437 g/mol. The number of hydrogen-bond acceptors (Lipinski definition) is 5. The van der Waals surface area contributed by atoms with Crippen LogP contribution < -0.4 is 9.64 Å². The number of benzene rings is 1. The second-order valence-corrected chi connectivity index (χ2v) is 9.21. The number of ether oxygens (including phenoxy) is 1. The van der Waals surface area contributed by atoms with Crippen molar-refractivity contribution in [3.8, 4) is 28.1 Å². The first kappa shape index (κ1) is 19.7. The number of H-pyrrole nitrogens is 1. The van der Waals surface area contributed by atoms with Crippen molar-refractivity contribution in [1.82, 2.24) is 20.1 Å². The van der Waals surface area contributed by atoms with Gasteiger partial charge in [-0.1, -0.05) is 12.1 Å². The topological polar surface area (TPSA) is 57.3 Å².